The van der Waals surface area contributed by atoms with E-state index in [1.54, 1.807) is 18.2 Å². The van der Waals surface area contributed by atoms with Crippen molar-refractivity contribution in [3.05, 3.63) is 82.5 Å². The Morgan fingerprint density at radius 2 is 1.73 bits per heavy atom. The first-order valence-electron chi connectivity index (χ1n) is 15.1. The van der Waals surface area contributed by atoms with E-state index in [4.69, 9.17) is 5.14 Å². The normalized spacial score (nSPS) is 30.4. The molecule has 2 saturated carbocycles. The van der Waals surface area contributed by atoms with Crippen LogP contribution in [0.25, 0.3) is 0 Å². The standard InChI is InChI=1S/C33H35F5N2O4S/c1-30-17-27(20-7-5-19(6-8-20)18-40-22-3-2-4-24(16-22)45(39,43)44)29-25-12-10-23(41)15-21(25)9-11-26(29)28(30)13-14-31(30,42)32(34,35)33(36,37)38/h2-8,15-16,26-28,40,42H,9-14,17-18H2,1H3,(H2,39,43,44)/t26?,27-,28?,30+,31+/m1/s1. The fraction of sp³-hybridized carbons (Fsp3) is 0.485. The number of carbonyl (C=O) groups is 1. The fourth-order valence-electron chi connectivity index (χ4n) is 8.57. The molecule has 4 aliphatic rings. The third-order valence-electron chi connectivity index (χ3n) is 10.8. The Labute approximate surface area is 258 Å². The van der Waals surface area contributed by atoms with Gasteiger partial charge >= 0.3 is 12.1 Å². The van der Waals surface area contributed by atoms with Crippen molar-refractivity contribution in [3.63, 3.8) is 0 Å². The first-order valence-corrected chi connectivity index (χ1v) is 16.6. The Kier molecular flexibility index (Phi) is 7.60. The Morgan fingerprint density at radius 3 is 2.40 bits per heavy atom. The molecule has 0 saturated heterocycles. The summed E-state index contributed by atoms with van der Waals surface area (Å²) in [4.78, 5) is 12.2. The minimum Gasteiger partial charge on any atom is -0.383 e. The molecule has 4 aliphatic carbocycles. The third-order valence-corrected chi connectivity index (χ3v) is 11.7. The van der Waals surface area contributed by atoms with E-state index >= 15 is 8.78 Å². The molecule has 0 amide bonds. The molecule has 2 aromatic carbocycles. The second-order valence-corrected chi connectivity index (χ2v) is 14.7. The number of anilines is 1. The zero-order valence-corrected chi connectivity index (χ0v) is 25.4. The summed E-state index contributed by atoms with van der Waals surface area (Å²) in [5.41, 5.74) is 0.0573. The van der Waals surface area contributed by atoms with Gasteiger partial charge in [-0.1, -0.05) is 42.8 Å². The van der Waals surface area contributed by atoms with Crippen LogP contribution in [-0.4, -0.2) is 37.0 Å². The number of aliphatic hydroxyl groups is 1. The lowest BCUT2D eigenvalue weighted by molar-refractivity contribution is -0.362. The predicted octanol–water partition coefficient (Wildman–Crippen LogP) is 6.77. The molecule has 6 nitrogen and oxygen atoms in total. The van der Waals surface area contributed by atoms with E-state index < -0.39 is 51.4 Å². The maximum atomic E-state index is 15.2. The smallest absolute Gasteiger partial charge is 0.383 e. The topological polar surface area (TPSA) is 109 Å². The number of primary sulfonamides is 1. The van der Waals surface area contributed by atoms with Crippen molar-refractivity contribution >= 4 is 21.5 Å². The zero-order valence-electron chi connectivity index (χ0n) is 24.6. The second kappa shape index (κ2) is 10.7. The van der Waals surface area contributed by atoms with Gasteiger partial charge in [-0.3, -0.25) is 4.79 Å². The van der Waals surface area contributed by atoms with Gasteiger partial charge in [0.25, 0.3) is 0 Å². The Morgan fingerprint density at radius 1 is 1.02 bits per heavy atom. The van der Waals surface area contributed by atoms with E-state index in [1.165, 1.54) is 19.1 Å². The molecule has 0 radical (unpaired) electrons. The van der Waals surface area contributed by atoms with Crippen LogP contribution < -0.4 is 10.5 Å². The highest BCUT2D eigenvalue weighted by Gasteiger charge is 2.79. The fourth-order valence-corrected chi connectivity index (χ4v) is 9.13. The van der Waals surface area contributed by atoms with Crippen LogP contribution in [0.4, 0.5) is 27.6 Å². The average Bonchev–Trinajstić information content (AvgIpc) is 3.26. The molecule has 0 aromatic heterocycles. The van der Waals surface area contributed by atoms with Gasteiger partial charge in [0.1, 0.15) is 5.60 Å². The number of ketones is 1. The summed E-state index contributed by atoms with van der Waals surface area (Å²) in [6.07, 6.45) is -3.06. The van der Waals surface area contributed by atoms with E-state index in [0.29, 0.717) is 37.9 Å². The molecule has 0 heterocycles. The number of allylic oxidation sites excluding steroid dienone is 4. The first kappa shape index (κ1) is 31.9. The maximum Gasteiger partial charge on any atom is 0.456 e. The van der Waals surface area contributed by atoms with Crippen molar-refractivity contribution in [1.29, 1.82) is 0 Å². The molecule has 0 aliphatic heterocycles. The number of sulfonamides is 1. The summed E-state index contributed by atoms with van der Waals surface area (Å²) < 4.78 is 95.1. The highest BCUT2D eigenvalue weighted by molar-refractivity contribution is 7.89. The van der Waals surface area contributed by atoms with Gasteiger partial charge in [0, 0.05) is 30.0 Å². The molecule has 2 aromatic rings. The van der Waals surface area contributed by atoms with Gasteiger partial charge in [0.05, 0.1) is 4.90 Å². The molecule has 2 fully saturated rings. The van der Waals surface area contributed by atoms with Crippen LogP contribution in [0.15, 0.2) is 76.2 Å². The van der Waals surface area contributed by atoms with Gasteiger partial charge in [-0.15, -0.1) is 0 Å². The number of benzene rings is 2. The molecule has 6 rings (SSSR count). The molecule has 0 spiro atoms. The van der Waals surface area contributed by atoms with Crippen molar-refractivity contribution in [2.75, 3.05) is 5.32 Å². The zero-order chi connectivity index (χ0) is 32.6. The van der Waals surface area contributed by atoms with Crippen LogP contribution in [0.2, 0.25) is 0 Å². The van der Waals surface area contributed by atoms with Crippen molar-refractivity contribution in [2.24, 2.45) is 22.4 Å². The lowest BCUT2D eigenvalue weighted by atomic mass is 9.50. The minimum atomic E-state index is -5.90. The second-order valence-electron chi connectivity index (χ2n) is 13.1. The minimum absolute atomic E-state index is 0.0245. The molecule has 5 atom stereocenters. The van der Waals surface area contributed by atoms with Crippen LogP contribution >= 0.6 is 0 Å². The quantitative estimate of drug-likeness (QED) is 0.299. The van der Waals surface area contributed by atoms with Crippen LogP contribution in [0.3, 0.4) is 0 Å². The van der Waals surface area contributed by atoms with Crippen LogP contribution in [0.5, 0.6) is 0 Å². The van der Waals surface area contributed by atoms with Crippen LogP contribution in [0, 0.1) is 17.3 Å². The van der Waals surface area contributed by atoms with Gasteiger partial charge in [0.15, 0.2) is 5.78 Å². The number of nitrogens with two attached hydrogens (primary N) is 1. The van der Waals surface area contributed by atoms with Crippen LogP contribution in [0.1, 0.15) is 68.9 Å². The van der Waals surface area contributed by atoms with E-state index in [9.17, 15) is 31.5 Å². The van der Waals surface area contributed by atoms with E-state index in [1.807, 2.05) is 24.3 Å². The summed E-state index contributed by atoms with van der Waals surface area (Å²) in [6.45, 7) is 1.73. The molecule has 45 heavy (non-hydrogen) atoms. The number of rotatable bonds is 6. The molecular formula is C33H35F5N2O4S. The molecule has 4 N–H and O–H groups in total. The van der Waals surface area contributed by atoms with Crippen molar-refractivity contribution in [1.82, 2.24) is 0 Å². The molecule has 12 heteroatoms. The van der Waals surface area contributed by atoms with Crippen molar-refractivity contribution < 1.29 is 40.3 Å². The number of halogens is 5. The molecule has 242 valence electrons. The average molecular weight is 651 g/mol. The number of hydrogen-bond acceptors (Lipinski definition) is 5. The largest absolute Gasteiger partial charge is 0.456 e. The van der Waals surface area contributed by atoms with Crippen molar-refractivity contribution in [3.8, 4) is 0 Å². The van der Waals surface area contributed by atoms with Gasteiger partial charge in [-0.2, -0.15) is 22.0 Å². The Bertz CT molecular complexity index is 1700. The summed E-state index contributed by atoms with van der Waals surface area (Å²) in [5, 5.41) is 19.8. The maximum absolute atomic E-state index is 15.2. The summed E-state index contributed by atoms with van der Waals surface area (Å²) in [7, 11) is -3.88. The SMILES string of the molecule is C[C@]12C[C@H](c3ccc(CNc4cccc(S(N)(=O)=O)c4)cc3)C3=C4CCC(=O)C=C4CCC3C1CC[C@@]2(O)C(F)(F)C(F)(F)F. The van der Waals surface area contributed by atoms with Gasteiger partial charge in [0.2, 0.25) is 10.0 Å². The summed E-state index contributed by atoms with van der Waals surface area (Å²) >= 11 is 0. The molecule has 0 bridgehead atoms. The highest BCUT2D eigenvalue weighted by atomic mass is 32.2. The highest BCUT2D eigenvalue weighted by Crippen LogP contribution is 2.70. The Hall–Kier alpha value is -3.09. The number of carbonyl (C=O) groups excluding carboxylic acids is 1. The number of hydrogen-bond donors (Lipinski definition) is 3. The van der Waals surface area contributed by atoms with Gasteiger partial charge in [-0.05, 0) is 96.9 Å². The lowest BCUT2D eigenvalue weighted by Crippen LogP contribution is -2.65. The molecule has 2 unspecified atom stereocenters. The van der Waals surface area contributed by atoms with E-state index in [-0.39, 0.29) is 29.4 Å². The summed E-state index contributed by atoms with van der Waals surface area (Å²) in [6, 6.07) is 13.4. The molecular weight excluding hydrogens is 615 g/mol. The van der Waals surface area contributed by atoms with E-state index in [2.05, 4.69) is 5.32 Å². The number of fused-ring (bicyclic) bond motifs is 4. The van der Waals surface area contributed by atoms with Gasteiger partial charge in [-0.25, -0.2) is 13.6 Å². The van der Waals surface area contributed by atoms with E-state index in [0.717, 1.165) is 27.8 Å². The Balaban J connectivity index is 1.36. The number of nitrogens with one attached hydrogen (secondary N) is 1. The summed E-state index contributed by atoms with van der Waals surface area (Å²) in [5.74, 6) is -6.64. The first-order chi connectivity index (χ1) is 21.0. The lowest BCUT2D eigenvalue weighted by Gasteiger charge is -2.56. The van der Waals surface area contributed by atoms with Gasteiger partial charge < -0.3 is 10.4 Å². The third kappa shape index (κ3) is 5.13. The number of alkyl halides is 5. The van der Waals surface area contributed by atoms with Crippen LogP contribution in [-0.2, 0) is 21.4 Å². The monoisotopic (exact) mass is 650 g/mol. The van der Waals surface area contributed by atoms with Crippen molar-refractivity contribution in [2.45, 2.75) is 86.9 Å². The predicted molar refractivity (Wildman–Crippen MR) is 158 cm³/mol.